The second-order valence-electron chi connectivity index (χ2n) is 14.0. The number of ether oxygens (including phenoxy) is 3. The highest BCUT2D eigenvalue weighted by atomic mass is 16.6. The van der Waals surface area contributed by atoms with Crippen molar-refractivity contribution in [1.29, 1.82) is 0 Å². The molecule has 0 unspecified atom stereocenters. The van der Waals surface area contributed by atoms with Crippen molar-refractivity contribution in [2.24, 2.45) is 23.7 Å². The summed E-state index contributed by atoms with van der Waals surface area (Å²) in [4.78, 5) is 42.2. The molecule has 8 nitrogen and oxygen atoms in total. The molecule has 0 radical (unpaired) electrons. The number of carbonyl (C=O) groups is 3. The van der Waals surface area contributed by atoms with Gasteiger partial charge in [0.1, 0.15) is 12.1 Å². The molecular formula is C37H55NO7. The molecule has 4 heterocycles. The van der Waals surface area contributed by atoms with Gasteiger partial charge in [0.15, 0.2) is 0 Å². The Morgan fingerprint density at radius 1 is 0.933 bits per heavy atom. The van der Waals surface area contributed by atoms with Gasteiger partial charge in [0, 0.05) is 26.0 Å². The average Bonchev–Trinajstić information content (AvgIpc) is 3.03. The van der Waals surface area contributed by atoms with Gasteiger partial charge in [0.2, 0.25) is 5.79 Å². The Hall–Kier alpha value is -2.55. The second-order valence-corrected chi connectivity index (χ2v) is 14.0. The number of methoxy groups -OCH3 is 1. The maximum Gasteiger partial charge on any atom is 0.329 e. The Morgan fingerprint density at radius 3 is 2.36 bits per heavy atom. The number of hydrogen-bond acceptors (Lipinski definition) is 7. The molecule has 250 valence electrons. The SMILES string of the molecule is C=C1C2CCC(CC2)OC(=O)[C@@H]2CCCCN2C(=O)C(=O)[C@]2(O)O[C@@H](CC[C@H]2C)C[C@H](OC)/C(C)=C/C=C/C=C/[C@@H](C)C[C@H]1C. The minimum Gasteiger partial charge on any atom is -0.461 e. The Labute approximate surface area is 269 Å². The minimum atomic E-state index is -2.27. The highest BCUT2D eigenvalue weighted by Gasteiger charge is 2.53. The summed E-state index contributed by atoms with van der Waals surface area (Å²) in [6, 6.07) is -0.844. The first-order valence-electron chi connectivity index (χ1n) is 17.1. The van der Waals surface area contributed by atoms with Gasteiger partial charge in [-0.15, -0.1) is 0 Å². The number of fused-ring (bicyclic) bond motifs is 12. The van der Waals surface area contributed by atoms with Crippen LogP contribution in [0.1, 0.15) is 98.3 Å². The van der Waals surface area contributed by atoms with E-state index in [1.807, 2.05) is 25.2 Å². The molecule has 8 heteroatoms. The van der Waals surface area contributed by atoms with E-state index in [4.69, 9.17) is 14.2 Å². The molecule has 5 aliphatic rings. The molecule has 1 saturated carbocycles. The number of ketones is 1. The van der Waals surface area contributed by atoms with Gasteiger partial charge < -0.3 is 24.2 Å². The number of amides is 1. The third-order valence-corrected chi connectivity index (χ3v) is 10.6. The largest absolute Gasteiger partial charge is 0.461 e. The van der Waals surface area contributed by atoms with E-state index >= 15 is 0 Å². The number of piperidine rings is 1. The van der Waals surface area contributed by atoms with Crippen LogP contribution in [0.25, 0.3) is 0 Å². The van der Waals surface area contributed by atoms with E-state index in [9.17, 15) is 19.5 Å². The van der Waals surface area contributed by atoms with Crippen LogP contribution in [0.15, 0.2) is 48.1 Å². The van der Waals surface area contributed by atoms with Crippen molar-refractivity contribution in [3.8, 4) is 0 Å². The maximum atomic E-state index is 13.7. The van der Waals surface area contributed by atoms with Crippen LogP contribution in [0.2, 0.25) is 0 Å². The summed E-state index contributed by atoms with van der Waals surface area (Å²) in [5.74, 6) is -4.01. The smallest absolute Gasteiger partial charge is 0.329 e. The first-order chi connectivity index (χ1) is 21.4. The average molecular weight is 626 g/mol. The quantitative estimate of drug-likeness (QED) is 0.209. The standard InChI is InChI=1S/C37H55NO7/c1-24-12-8-7-9-13-25(2)33(43-6)23-31-18-15-27(4)37(42,45-31)34(39)35(40)38-21-11-10-14-32(38)36(41)44-30-19-16-29(17-20-30)28(5)26(3)22-24/h7-9,12-13,24,26-27,29-33,42H,5,10-11,14-23H2,1-4,6H3/b9-7+,12-8+,25-13+/t24-,26-,27-,29?,30?,31+,32+,33+,37-/m1/s1. The zero-order valence-electron chi connectivity index (χ0n) is 28.0. The molecule has 45 heavy (non-hydrogen) atoms. The van der Waals surface area contributed by atoms with Crippen molar-refractivity contribution in [3.05, 3.63) is 48.1 Å². The lowest BCUT2D eigenvalue weighted by Gasteiger charge is -2.42. The van der Waals surface area contributed by atoms with Crippen LogP contribution in [0.3, 0.4) is 0 Å². The normalized spacial score (nSPS) is 40.8. The molecule has 7 atom stereocenters. The third kappa shape index (κ3) is 8.63. The molecule has 2 saturated heterocycles. The Kier molecular flexibility index (Phi) is 12.4. The predicted molar refractivity (Wildman–Crippen MR) is 174 cm³/mol. The number of Topliss-reactive ketones (excluding diaryl/α,β-unsaturated/α-hetero) is 1. The van der Waals surface area contributed by atoms with E-state index < -0.39 is 41.5 Å². The molecule has 4 bridgehead atoms. The summed E-state index contributed by atoms with van der Waals surface area (Å²) in [6.07, 6.45) is 17.1. The minimum absolute atomic E-state index is 0.216. The fourth-order valence-corrected chi connectivity index (χ4v) is 7.53. The van der Waals surface area contributed by atoms with Crippen molar-refractivity contribution in [3.63, 3.8) is 0 Å². The van der Waals surface area contributed by atoms with E-state index in [1.54, 1.807) is 14.0 Å². The summed E-state index contributed by atoms with van der Waals surface area (Å²) in [6.45, 7) is 12.9. The Balaban J connectivity index is 1.59. The van der Waals surface area contributed by atoms with Gasteiger partial charge in [-0.1, -0.05) is 63.3 Å². The van der Waals surface area contributed by atoms with Crippen molar-refractivity contribution in [2.75, 3.05) is 13.7 Å². The first-order valence-corrected chi connectivity index (χ1v) is 17.1. The van der Waals surface area contributed by atoms with Crippen molar-refractivity contribution in [2.45, 2.75) is 128 Å². The van der Waals surface area contributed by atoms with Crippen LogP contribution in [0.5, 0.6) is 0 Å². The number of hydrogen-bond donors (Lipinski definition) is 1. The fraction of sp³-hybridized carbons (Fsp3) is 0.703. The van der Waals surface area contributed by atoms with Crippen LogP contribution >= 0.6 is 0 Å². The molecule has 0 aromatic heterocycles. The summed E-state index contributed by atoms with van der Waals surface area (Å²) in [7, 11) is 1.63. The van der Waals surface area contributed by atoms with Gasteiger partial charge in [-0.2, -0.15) is 0 Å². The van der Waals surface area contributed by atoms with Gasteiger partial charge in [0.25, 0.3) is 11.7 Å². The summed E-state index contributed by atoms with van der Waals surface area (Å²) < 4.78 is 17.8. The number of esters is 1. The monoisotopic (exact) mass is 625 g/mol. The van der Waals surface area contributed by atoms with Crippen LogP contribution in [-0.2, 0) is 28.6 Å². The van der Waals surface area contributed by atoms with E-state index in [2.05, 4.69) is 32.6 Å². The highest BCUT2D eigenvalue weighted by Crippen LogP contribution is 2.38. The number of nitrogens with zero attached hydrogens (tertiary/aromatic N) is 1. The second kappa shape index (κ2) is 15.8. The molecule has 0 aromatic carbocycles. The molecule has 1 N–H and O–H groups in total. The van der Waals surface area contributed by atoms with Gasteiger partial charge in [-0.25, -0.2) is 4.79 Å². The lowest BCUT2D eigenvalue weighted by Crippen LogP contribution is -2.60. The van der Waals surface area contributed by atoms with Crippen molar-refractivity contribution < 1.29 is 33.7 Å². The molecule has 1 aliphatic carbocycles. The number of aliphatic hydroxyl groups is 1. The zero-order valence-corrected chi connectivity index (χ0v) is 28.0. The summed E-state index contributed by atoms with van der Waals surface area (Å²) >= 11 is 0. The molecule has 1 amide bonds. The molecular weight excluding hydrogens is 570 g/mol. The topological polar surface area (TPSA) is 102 Å². The van der Waals surface area contributed by atoms with Crippen LogP contribution < -0.4 is 0 Å². The van der Waals surface area contributed by atoms with Crippen LogP contribution in [-0.4, -0.2) is 71.5 Å². The van der Waals surface area contributed by atoms with Crippen molar-refractivity contribution >= 4 is 17.7 Å². The highest BCUT2D eigenvalue weighted by molar-refractivity contribution is 6.39. The zero-order chi connectivity index (χ0) is 32.7. The Bertz CT molecular complexity index is 1170. The maximum absolute atomic E-state index is 13.7. The van der Waals surface area contributed by atoms with E-state index in [0.717, 1.165) is 44.1 Å². The molecule has 0 aromatic rings. The van der Waals surface area contributed by atoms with Crippen LogP contribution in [0.4, 0.5) is 0 Å². The number of rotatable bonds is 1. The molecule has 3 fully saturated rings. The van der Waals surface area contributed by atoms with Gasteiger partial charge >= 0.3 is 5.97 Å². The molecule has 5 rings (SSSR count). The van der Waals surface area contributed by atoms with E-state index in [-0.39, 0.29) is 18.8 Å². The lowest BCUT2D eigenvalue weighted by molar-refractivity contribution is -0.265. The molecule has 0 spiro atoms. The van der Waals surface area contributed by atoms with Gasteiger partial charge in [-0.3, -0.25) is 9.59 Å². The van der Waals surface area contributed by atoms with Gasteiger partial charge in [0.05, 0.1) is 12.2 Å². The third-order valence-electron chi connectivity index (χ3n) is 10.6. The van der Waals surface area contributed by atoms with Crippen LogP contribution in [0, 0.1) is 23.7 Å². The lowest BCUT2D eigenvalue weighted by atomic mass is 9.77. The number of carbonyl (C=O) groups excluding carboxylic acids is 3. The summed E-state index contributed by atoms with van der Waals surface area (Å²) in [5, 5.41) is 11.6. The van der Waals surface area contributed by atoms with Crippen molar-refractivity contribution in [1.82, 2.24) is 4.90 Å². The van der Waals surface area contributed by atoms with Gasteiger partial charge in [-0.05, 0) is 94.5 Å². The predicted octanol–water partition coefficient (Wildman–Crippen LogP) is 6.24. The van der Waals surface area contributed by atoms with E-state index in [0.29, 0.717) is 49.9 Å². The molecule has 4 aliphatic heterocycles. The summed E-state index contributed by atoms with van der Waals surface area (Å²) in [5.41, 5.74) is 2.26. The fourth-order valence-electron chi connectivity index (χ4n) is 7.53. The Morgan fingerprint density at radius 2 is 1.64 bits per heavy atom. The van der Waals surface area contributed by atoms with E-state index in [1.165, 1.54) is 10.5 Å². The number of allylic oxidation sites excluding steroid dienone is 6. The first kappa shape index (κ1) is 35.3.